The Labute approximate surface area is 103 Å². The Kier molecular flexibility index (Phi) is 4.27. The van der Waals surface area contributed by atoms with Gasteiger partial charge in [-0.2, -0.15) is 4.72 Å². The first-order chi connectivity index (χ1) is 7.86. The van der Waals surface area contributed by atoms with Gasteiger partial charge in [0, 0.05) is 0 Å². The smallest absolute Gasteiger partial charge is 0.320 e. The molecule has 1 heterocycles. The summed E-state index contributed by atoms with van der Waals surface area (Å²) in [5.41, 5.74) is 5.39. The molecule has 1 rings (SSSR count). The lowest BCUT2D eigenvalue weighted by Crippen LogP contribution is -2.31. The molecule has 0 fully saturated rings. The molecule has 1 aromatic rings. The maximum absolute atomic E-state index is 11.7. The minimum absolute atomic E-state index is 0.0161. The van der Waals surface area contributed by atoms with Crippen molar-refractivity contribution in [3.8, 4) is 0 Å². The third-order valence-electron chi connectivity index (χ3n) is 1.74. The maximum Gasteiger partial charge on any atom is 0.320 e. The Morgan fingerprint density at radius 3 is 2.82 bits per heavy atom. The number of carbonyl (C=O) groups excluding carboxylic acids is 1. The monoisotopic (exact) mass is 279 g/mol. The molecule has 0 unspecified atom stereocenters. The van der Waals surface area contributed by atoms with E-state index in [4.69, 9.17) is 17.3 Å². The molecular formula is C8H10ClN3O4S. The molecule has 0 aromatic carbocycles. The molecule has 0 aliphatic heterocycles. The van der Waals surface area contributed by atoms with Gasteiger partial charge in [0.05, 0.1) is 12.8 Å². The second-order valence-corrected chi connectivity index (χ2v) is 5.00. The molecule has 0 atom stereocenters. The Hall–Kier alpha value is -1.38. The number of nitrogens with zero attached hydrogens (tertiary/aromatic N) is 1. The van der Waals surface area contributed by atoms with Crippen LogP contribution in [0.2, 0.25) is 5.15 Å². The zero-order chi connectivity index (χ0) is 13.1. The van der Waals surface area contributed by atoms with Gasteiger partial charge < -0.3 is 10.5 Å². The molecule has 0 aliphatic rings. The van der Waals surface area contributed by atoms with Crippen LogP contribution in [0.5, 0.6) is 0 Å². The summed E-state index contributed by atoms with van der Waals surface area (Å²) in [5.74, 6) is -0.728. The van der Waals surface area contributed by atoms with Crippen LogP contribution in [0.4, 0.5) is 5.69 Å². The van der Waals surface area contributed by atoms with Crippen LogP contribution in [0, 0.1) is 0 Å². The van der Waals surface area contributed by atoms with Crippen molar-refractivity contribution in [3.05, 3.63) is 17.3 Å². The average molecular weight is 280 g/mol. The highest BCUT2D eigenvalue weighted by Gasteiger charge is 2.20. The highest BCUT2D eigenvalue weighted by molar-refractivity contribution is 7.89. The van der Waals surface area contributed by atoms with Gasteiger partial charge in [-0.25, -0.2) is 13.4 Å². The first-order valence-corrected chi connectivity index (χ1v) is 6.21. The lowest BCUT2D eigenvalue weighted by molar-refractivity contribution is -0.139. The van der Waals surface area contributed by atoms with Crippen molar-refractivity contribution < 1.29 is 17.9 Å². The summed E-state index contributed by atoms with van der Waals surface area (Å²) in [6.07, 6.45) is 0. The van der Waals surface area contributed by atoms with Crippen molar-refractivity contribution in [3.63, 3.8) is 0 Å². The molecule has 0 aliphatic carbocycles. The van der Waals surface area contributed by atoms with E-state index in [0.29, 0.717) is 0 Å². The SMILES string of the molecule is COC(=O)CNS(=O)(=O)c1nc(Cl)ccc1N. The van der Waals surface area contributed by atoms with Gasteiger partial charge in [0.25, 0.3) is 10.0 Å². The second-order valence-electron chi connectivity index (χ2n) is 2.93. The van der Waals surface area contributed by atoms with Crippen molar-refractivity contribution in [2.45, 2.75) is 5.03 Å². The van der Waals surface area contributed by atoms with Gasteiger partial charge in [0.15, 0.2) is 5.03 Å². The second kappa shape index (κ2) is 5.30. The number of carbonyl (C=O) groups is 1. The average Bonchev–Trinajstić information content (AvgIpc) is 2.29. The van der Waals surface area contributed by atoms with E-state index in [1.807, 2.05) is 4.72 Å². The van der Waals surface area contributed by atoms with Crippen molar-refractivity contribution >= 4 is 33.3 Å². The van der Waals surface area contributed by atoms with Crippen LogP contribution >= 0.6 is 11.6 Å². The van der Waals surface area contributed by atoms with E-state index in [-0.39, 0.29) is 10.8 Å². The van der Waals surface area contributed by atoms with Crippen LogP contribution in [0.25, 0.3) is 0 Å². The molecule has 9 heteroatoms. The number of ether oxygens (including phenoxy) is 1. The number of halogens is 1. The quantitative estimate of drug-likeness (QED) is 0.582. The number of nitrogens with two attached hydrogens (primary N) is 1. The molecular weight excluding hydrogens is 270 g/mol. The normalized spacial score (nSPS) is 11.2. The van der Waals surface area contributed by atoms with Crippen molar-refractivity contribution in [2.24, 2.45) is 0 Å². The van der Waals surface area contributed by atoms with E-state index >= 15 is 0 Å². The lowest BCUT2D eigenvalue weighted by Gasteiger charge is -2.07. The molecule has 0 saturated heterocycles. The Morgan fingerprint density at radius 2 is 2.24 bits per heavy atom. The van der Waals surface area contributed by atoms with Gasteiger partial charge in [-0.1, -0.05) is 11.6 Å². The number of hydrogen-bond donors (Lipinski definition) is 2. The van der Waals surface area contributed by atoms with E-state index in [1.165, 1.54) is 12.1 Å². The summed E-state index contributed by atoms with van der Waals surface area (Å²) < 4.78 is 29.7. The number of hydrogen-bond acceptors (Lipinski definition) is 6. The Bertz CT molecular complexity index is 532. The number of pyridine rings is 1. The van der Waals surface area contributed by atoms with Crippen LogP contribution in [-0.2, 0) is 19.6 Å². The van der Waals surface area contributed by atoms with E-state index in [2.05, 4.69) is 9.72 Å². The highest BCUT2D eigenvalue weighted by atomic mass is 35.5. The van der Waals surface area contributed by atoms with E-state index in [9.17, 15) is 13.2 Å². The van der Waals surface area contributed by atoms with Gasteiger partial charge in [0.2, 0.25) is 0 Å². The Balaban J connectivity index is 2.97. The van der Waals surface area contributed by atoms with Crippen LogP contribution in [0.15, 0.2) is 17.2 Å². The first kappa shape index (κ1) is 13.7. The molecule has 0 radical (unpaired) electrons. The number of anilines is 1. The van der Waals surface area contributed by atoms with Gasteiger partial charge >= 0.3 is 5.97 Å². The van der Waals surface area contributed by atoms with Gasteiger partial charge in [-0.3, -0.25) is 4.79 Å². The third kappa shape index (κ3) is 3.55. The van der Waals surface area contributed by atoms with E-state index in [1.54, 1.807) is 0 Å². The maximum atomic E-state index is 11.7. The largest absolute Gasteiger partial charge is 0.468 e. The summed E-state index contributed by atoms with van der Waals surface area (Å²) in [6, 6.07) is 2.66. The summed E-state index contributed by atoms with van der Waals surface area (Å²) in [5, 5.41) is -0.438. The molecule has 3 N–H and O–H groups in total. The predicted molar refractivity (Wildman–Crippen MR) is 60.9 cm³/mol. The molecule has 17 heavy (non-hydrogen) atoms. The van der Waals surface area contributed by atoms with Crippen LogP contribution < -0.4 is 10.5 Å². The summed E-state index contributed by atoms with van der Waals surface area (Å²) in [6.45, 7) is -0.507. The van der Waals surface area contributed by atoms with Crippen LogP contribution in [0.1, 0.15) is 0 Å². The molecule has 0 bridgehead atoms. The number of esters is 1. The zero-order valence-corrected chi connectivity index (χ0v) is 10.4. The number of rotatable bonds is 4. The van der Waals surface area contributed by atoms with Crippen molar-refractivity contribution in [1.82, 2.24) is 9.71 Å². The van der Waals surface area contributed by atoms with Crippen LogP contribution in [0.3, 0.4) is 0 Å². The zero-order valence-electron chi connectivity index (χ0n) is 8.81. The molecule has 0 saturated carbocycles. The topological polar surface area (TPSA) is 111 Å². The van der Waals surface area contributed by atoms with Crippen LogP contribution in [-0.4, -0.2) is 33.0 Å². The number of methoxy groups -OCH3 is 1. The number of nitrogen functional groups attached to an aromatic ring is 1. The summed E-state index contributed by atoms with van der Waals surface area (Å²) in [4.78, 5) is 14.4. The minimum atomic E-state index is -3.99. The van der Waals surface area contributed by atoms with Gasteiger partial charge in [-0.05, 0) is 12.1 Å². The molecule has 1 aromatic heterocycles. The molecule has 7 nitrogen and oxygen atoms in total. The van der Waals surface area contributed by atoms with Crippen molar-refractivity contribution in [1.29, 1.82) is 0 Å². The fraction of sp³-hybridized carbons (Fsp3) is 0.250. The fourth-order valence-electron chi connectivity index (χ4n) is 0.938. The van der Waals surface area contributed by atoms with Gasteiger partial charge in [0.1, 0.15) is 11.7 Å². The highest BCUT2D eigenvalue weighted by Crippen LogP contribution is 2.17. The first-order valence-electron chi connectivity index (χ1n) is 4.35. The predicted octanol–water partition coefficient (Wildman–Crippen LogP) is -0.232. The number of aromatic nitrogens is 1. The van der Waals surface area contributed by atoms with Gasteiger partial charge in [-0.15, -0.1) is 0 Å². The standard InChI is InChI=1S/C8H10ClN3O4S/c1-16-7(13)4-11-17(14,15)8-5(10)2-3-6(9)12-8/h2-3,11H,4,10H2,1H3. The summed E-state index contributed by atoms with van der Waals surface area (Å²) in [7, 11) is -2.85. The number of sulfonamides is 1. The third-order valence-corrected chi connectivity index (χ3v) is 3.32. The molecule has 0 spiro atoms. The minimum Gasteiger partial charge on any atom is -0.468 e. The van der Waals surface area contributed by atoms with Crippen molar-refractivity contribution in [2.75, 3.05) is 19.4 Å². The molecule has 94 valence electrons. The number of nitrogens with one attached hydrogen (secondary N) is 1. The van der Waals surface area contributed by atoms with E-state index < -0.39 is 27.6 Å². The fourth-order valence-corrected chi connectivity index (χ4v) is 2.18. The lowest BCUT2D eigenvalue weighted by atomic mass is 10.4. The molecule has 0 amide bonds. The Morgan fingerprint density at radius 1 is 1.59 bits per heavy atom. The van der Waals surface area contributed by atoms with E-state index in [0.717, 1.165) is 7.11 Å². The summed E-state index contributed by atoms with van der Waals surface area (Å²) >= 11 is 5.56.